The van der Waals surface area contributed by atoms with Crippen LogP contribution in [0.2, 0.25) is 0 Å². The second-order valence-electron chi connectivity index (χ2n) is 6.36. The van der Waals surface area contributed by atoms with Gasteiger partial charge in [-0.25, -0.2) is 21.2 Å². The summed E-state index contributed by atoms with van der Waals surface area (Å²) in [5.41, 5.74) is 0. The molecule has 5 nitrogen and oxygen atoms in total. The smallest absolute Gasteiger partial charge is 0.183 e. The van der Waals surface area contributed by atoms with Gasteiger partial charge in [0.15, 0.2) is 19.7 Å². The summed E-state index contributed by atoms with van der Waals surface area (Å²) in [6.07, 6.45) is 0.833. The molecule has 0 radical (unpaired) electrons. The van der Waals surface area contributed by atoms with Crippen molar-refractivity contribution >= 4 is 19.7 Å². The van der Waals surface area contributed by atoms with E-state index in [1.165, 1.54) is 12.1 Å². The van der Waals surface area contributed by atoms with Crippen molar-refractivity contribution in [3.8, 4) is 0 Å². The SMILES string of the molecule is CC(C)CCN[C@@H]1CS(=O)(=O)C[C@H]1S(=O)(=O)c1ccc(F)cc1. The van der Waals surface area contributed by atoms with Crippen LogP contribution in [0, 0.1) is 11.7 Å². The van der Waals surface area contributed by atoms with E-state index in [9.17, 15) is 21.2 Å². The summed E-state index contributed by atoms with van der Waals surface area (Å²) in [6, 6.07) is 3.87. The highest BCUT2D eigenvalue weighted by atomic mass is 32.2. The van der Waals surface area contributed by atoms with Crippen LogP contribution in [-0.2, 0) is 19.7 Å². The minimum Gasteiger partial charge on any atom is -0.312 e. The largest absolute Gasteiger partial charge is 0.312 e. The lowest BCUT2D eigenvalue weighted by Crippen LogP contribution is -2.43. The van der Waals surface area contributed by atoms with Crippen LogP contribution in [0.1, 0.15) is 20.3 Å². The fourth-order valence-corrected chi connectivity index (χ4v) is 7.38. The van der Waals surface area contributed by atoms with Gasteiger partial charge in [-0.2, -0.15) is 0 Å². The van der Waals surface area contributed by atoms with Gasteiger partial charge in [0, 0.05) is 6.04 Å². The van der Waals surface area contributed by atoms with Gasteiger partial charge in [0.05, 0.1) is 21.7 Å². The van der Waals surface area contributed by atoms with Gasteiger partial charge in [0.2, 0.25) is 0 Å². The van der Waals surface area contributed by atoms with E-state index < -0.39 is 42.5 Å². The molecule has 1 saturated heterocycles. The molecule has 1 aromatic rings. The molecular formula is C15H22FNO4S2. The van der Waals surface area contributed by atoms with E-state index in [1.54, 1.807) is 0 Å². The Morgan fingerprint density at radius 2 is 1.83 bits per heavy atom. The van der Waals surface area contributed by atoms with Gasteiger partial charge in [0.1, 0.15) is 5.82 Å². The van der Waals surface area contributed by atoms with Gasteiger partial charge in [-0.3, -0.25) is 0 Å². The number of sulfone groups is 2. The summed E-state index contributed by atoms with van der Waals surface area (Å²) < 4.78 is 62.3. The fourth-order valence-electron chi connectivity index (χ4n) is 2.67. The normalized spacial score (nSPS) is 24.2. The van der Waals surface area contributed by atoms with Crippen molar-refractivity contribution < 1.29 is 21.2 Å². The van der Waals surface area contributed by atoms with E-state index in [-0.39, 0.29) is 10.6 Å². The highest BCUT2D eigenvalue weighted by Gasteiger charge is 2.45. The molecule has 0 amide bonds. The van der Waals surface area contributed by atoms with Crippen molar-refractivity contribution in [2.45, 2.75) is 36.5 Å². The molecule has 0 saturated carbocycles. The van der Waals surface area contributed by atoms with Gasteiger partial charge in [-0.05, 0) is 43.1 Å². The summed E-state index contributed by atoms with van der Waals surface area (Å²) in [6.45, 7) is 4.65. The average molecular weight is 363 g/mol. The molecule has 0 aromatic heterocycles. The molecule has 1 aromatic carbocycles. The molecule has 1 fully saturated rings. The number of hydrogen-bond donors (Lipinski definition) is 1. The molecular weight excluding hydrogens is 341 g/mol. The van der Waals surface area contributed by atoms with Gasteiger partial charge < -0.3 is 5.32 Å². The maximum Gasteiger partial charge on any atom is 0.183 e. The minimum absolute atomic E-state index is 0.0448. The van der Waals surface area contributed by atoms with E-state index in [0.29, 0.717) is 12.5 Å². The molecule has 1 N–H and O–H groups in total. The molecule has 1 heterocycles. The summed E-state index contributed by atoms with van der Waals surface area (Å²) in [4.78, 5) is -0.0448. The lowest BCUT2D eigenvalue weighted by atomic mass is 10.1. The molecule has 23 heavy (non-hydrogen) atoms. The third-order valence-corrected chi connectivity index (χ3v) is 8.14. The van der Waals surface area contributed by atoms with E-state index in [4.69, 9.17) is 0 Å². The van der Waals surface area contributed by atoms with Crippen LogP contribution < -0.4 is 5.32 Å². The molecule has 1 aliphatic heterocycles. The molecule has 130 valence electrons. The molecule has 2 rings (SSSR count). The van der Waals surface area contributed by atoms with Gasteiger partial charge in [-0.1, -0.05) is 13.8 Å². The van der Waals surface area contributed by atoms with E-state index in [2.05, 4.69) is 5.32 Å². The molecule has 0 unspecified atom stereocenters. The quantitative estimate of drug-likeness (QED) is 0.773. The lowest BCUT2D eigenvalue weighted by Gasteiger charge is -2.20. The molecule has 1 aliphatic rings. The topological polar surface area (TPSA) is 80.3 Å². The molecule has 0 bridgehead atoms. The maximum absolute atomic E-state index is 13.0. The molecule has 2 atom stereocenters. The Balaban J connectivity index is 2.24. The summed E-state index contributed by atoms with van der Waals surface area (Å²) in [5.74, 6) is -0.676. The van der Waals surface area contributed by atoms with Crippen LogP contribution in [0.25, 0.3) is 0 Å². The number of hydrogen-bond acceptors (Lipinski definition) is 5. The second-order valence-corrected chi connectivity index (χ2v) is 10.7. The van der Waals surface area contributed by atoms with Crippen LogP contribution in [-0.4, -0.2) is 46.2 Å². The third-order valence-electron chi connectivity index (χ3n) is 3.97. The third kappa shape index (κ3) is 4.51. The lowest BCUT2D eigenvalue weighted by molar-refractivity contribution is 0.483. The molecule has 0 aliphatic carbocycles. The van der Waals surface area contributed by atoms with E-state index >= 15 is 0 Å². The minimum atomic E-state index is -3.83. The zero-order valence-electron chi connectivity index (χ0n) is 13.2. The molecule has 8 heteroatoms. The predicted octanol–water partition coefficient (Wildman–Crippen LogP) is 1.40. The summed E-state index contributed by atoms with van der Waals surface area (Å²) in [7, 11) is -7.25. The van der Waals surface area contributed by atoms with Crippen molar-refractivity contribution in [3.05, 3.63) is 30.1 Å². The van der Waals surface area contributed by atoms with Crippen LogP contribution in [0.5, 0.6) is 0 Å². The van der Waals surface area contributed by atoms with Gasteiger partial charge in [-0.15, -0.1) is 0 Å². The average Bonchev–Trinajstić information content (AvgIpc) is 2.75. The zero-order chi connectivity index (χ0) is 17.3. The second kappa shape index (κ2) is 6.86. The van der Waals surface area contributed by atoms with Gasteiger partial charge in [0.25, 0.3) is 0 Å². The van der Waals surface area contributed by atoms with Crippen LogP contribution in [0.15, 0.2) is 29.2 Å². The van der Waals surface area contributed by atoms with Crippen molar-refractivity contribution in [3.63, 3.8) is 0 Å². The first-order chi connectivity index (χ1) is 10.6. The Labute approximate surface area is 137 Å². The first kappa shape index (κ1) is 18.4. The fraction of sp³-hybridized carbons (Fsp3) is 0.600. The monoisotopic (exact) mass is 363 g/mol. The Kier molecular flexibility index (Phi) is 5.48. The molecule has 0 spiro atoms. The Bertz CT molecular complexity index is 742. The van der Waals surface area contributed by atoms with E-state index in [1.807, 2.05) is 13.8 Å². The Morgan fingerprint density at radius 3 is 2.39 bits per heavy atom. The first-order valence-corrected chi connectivity index (χ1v) is 10.9. The Hall–Kier alpha value is -0.990. The van der Waals surface area contributed by atoms with Crippen molar-refractivity contribution in [1.82, 2.24) is 5.32 Å². The summed E-state index contributed by atoms with van der Waals surface area (Å²) >= 11 is 0. The first-order valence-electron chi connectivity index (χ1n) is 7.55. The standard InChI is InChI=1S/C15H22FNO4S2/c1-11(2)7-8-17-14-9-22(18,19)10-15(14)23(20,21)13-5-3-12(16)4-6-13/h3-6,11,14-15,17H,7-10H2,1-2H3/t14-,15-/m1/s1. The van der Waals surface area contributed by atoms with Crippen LogP contribution >= 0.6 is 0 Å². The van der Waals surface area contributed by atoms with Crippen LogP contribution in [0.4, 0.5) is 4.39 Å². The highest BCUT2D eigenvalue weighted by Crippen LogP contribution is 2.26. The van der Waals surface area contributed by atoms with Crippen LogP contribution in [0.3, 0.4) is 0 Å². The number of benzene rings is 1. The van der Waals surface area contributed by atoms with Crippen molar-refractivity contribution in [2.24, 2.45) is 5.92 Å². The predicted molar refractivity (Wildman–Crippen MR) is 87.3 cm³/mol. The number of rotatable bonds is 6. The Morgan fingerprint density at radius 1 is 1.22 bits per heavy atom. The number of halogens is 1. The van der Waals surface area contributed by atoms with Crippen molar-refractivity contribution in [1.29, 1.82) is 0 Å². The highest BCUT2D eigenvalue weighted by molar-refractivity contribution is 7.96. The summed E-state index contributed by atoms with van der Waals surface area (Å²) in [5, 5.41) is 2.04. The van der Waals surface area contributed by atoms with E-state index in [0.717, 1.165) is 18.6 Å². The van der Waals surface area contributed by atoms with Crippen molar-refractivity contribution in [2.75, 3.05) is 18.1 Å². The zero-order valence-corrected chi connectivity index (χ0v) is 14.8. The number of nitrogens with one attached hydrogen (secondary N) is 1. The van der Waals surface area contributed by atoms with Gasteiger partial charge >= 0.3 is 0 Å². The maximum atomic E-state index is 13.0.